The number of nitrogens with zero attached hydrogens (tertiary/aromatic N) is 1. The van der Waals surface area contributed by atoms with Crippen LogP contribution in [0.3, 0.4) is 0 Å². The van der Waals surface area contributed by atoms with Gasteiger partial charge in [0.05, 0.1) is 15.9 Å². The number of benzene rings is 1. The second-order valence-corrected chi connectivity index (χ2v) is 8.35. The Bertz CT molecular complexity index is 690. The summed E-state index contributed by atoms with van der Waals surface area (Å²) in [4.78, 5) is -0.0506. The van der Waals surface area contributed by atoms with E-state index in [1.54, 1.807) is 7.11 Å². The van der Waals surface area contributed by atoms with Gasteiger partial charge in [-0.25, -0.2) is 22.0 Å². The van der Waals surface area contributed by atoms with E-state index in [-0.39, 0.29) is 15.9 Å². The fraction of sp³-hybridized carbons (Fsp3) is 0.500. The van der Waals surface area contributed by atoms with Crippen LogP contribution in [0.1, 0.15) is 12.8 Å². The maximum atomic E-state index is 12.4. The monoisotopic (exact) mass is 334 g/mol. The number of nitrogens with two attached hydrogens (primary N) is 1. The van der Waals surface area contributed by atoms with Crippen LogP contribution in [0.25, 0.3) is 0 Å². The van der Waals surface area contributed by atoms with Crippen molar-refractivity contribution < 1.29 is 21.6 Å². The molecule has 1 aliphatic heterocycles. The molecule has 0 amide bonds. The highest BCUT2D eigenvalue weighted by Crippen LogP contribution is 2.22. The van der Waals surface area contributed by atoms with Gasteiger partial charge in [0.25, 0.3) is 0 Å². The highest BCUT2D eigenvalue weighted by atomic mass is 32.2. The molecule has 0 atom stereocenters. The van der Waals surface area contributed by atoms with Gasteiger partial charge in [-0.2, -0.15) is 4.31 Å². The maximum Gasteiger partial charge on any atom is 0.243 e. The second-order valence-electron chi connectivity index (χ2n) is 4.86. The molecule has 0 saturated carbocycles. The zero-order valence-electron chi connectivity index (χ0n) is 11.6. The van der Waals surface area contributed by atoms with Crippen LogP contribution in [0.5, 0.6) is 0 Å². The smallest absolute Gasteiger partial charge is 0.243 e. The molecule has 0 bridgehead atoms. The van der Waals surface area contributed by atoms with Gasteiger partial charge in [0.1, 0.15) is 0 Å². The molecule has 1 aromatic rings. The molecule has 1 aromatic carbocycles. The summed E-state index contributed by atoms with van der Waals surface area (Å²) in [5.74, 6) is 0. The summed E-state index contributed by atoms with van der Waals surface area (Å²) in [5.41, 5.74) is 0. The molecule has 0 unspecified atom stereocenters. The van der Waals surface area contributed by atoms with Crippen LogP contribution < -0.4 is 5.14 Å². The van der Waals surface area contributed by atoms with E-state index in [0.717, 1.165) is 0 Å². The summed E-state index contributed by atoms with van der Waals surface area (Å²) in [6.07, 6.45) is 1.37. The molecular weight excluding hydrogens is 316 g/mol. The Morgan fingerprint density at radius 2 is 1.52 bits per heavy atom. The van der Waals surface area contributed by atoms with Crippen LogP contribution in [0.2, 0.25) is 0 Å². The normalized spacial score (nSPS) is 18.8. The van der Waals surface area contributed by atoms with E-state index in [4.69, 9.17) is 9.88 Å². The molecule has 7 nitrogen and oxygen atoms in total. The second kappa shape index (κ2) is 6.01. The van der Waals surface area contributed by atoms with Gasteiger partial charge in [-0.05, 0) is 37.1 Å². The number of primary sulfonamides is 1. The van der Waals surface area contributed by atoms with Gasteiger partial charge in [-0.15, -0.1) is 0 Å². The third kappa shape index (κ3) is 3.61. The zero-order chi connectivity index (χ0) is 15.7. The van der Waals surface area contributed by atoms with Crippen molar-refractivity contribution in [1.82, 2.24) is 4.31 Å². The van der Waals surface area contributed by atoms with Crippen LogP contribution in [0.15, 0.2) is 34.1 Å². The number of methoxy groups -OCH3 is 1. The molecule has 9 heteroatoms. The Labute approximate surface area is 124 Å². The van der Waals surface area contributed by atoms with E-state index in [9.17, 15) is 16.8 Å². The highest BCUT2D eigenvalue weighted by molar-refractivity contribution is 7.89. The molecule has 2 N–H and O–H groups in total. The number of sulfonamides is 2. The van der Waals surface area contributed by atoms with Gasteiger partial charge in [0.15, 0.2) is 0 Å². The third-order valence-electron chi connectivity index (χ3n) is 3.52. The minimum absolute atomic E-state index is 0.0609. The molecule has 1 aliphatic rings. The largest absolute Gasteiger partial charge is 0.381 e. The molecule has 1 heterocycles. The first kappa shape index (κ1) is 16.4. The lowest BCUT2D eigenvalue weighted by Gasteiger charge is -2.30. The van der Waals surface area contributed by atoms with E-state index < -0.39 is 20.0 Å². The van der Waals surface area contributed by atoms with Crippen LogP contribution in [-0.4, -0.2) is 47.4 Å². The van der Waals surface area contributed by atoms with Gasteiger partial charge >= 0.3 is 0 Å². The molecule has 2 rings (SSSR count). The van der Waals surface area contributed by atoms with E-state index in [1.807, 2.05) is 0 Å². The lowest BCUT2D eigenvalue weighted by atomic mass is 10.1. The van der Waals surface area contributed by atoms with Crippen molar-refractivity contribution in [2.45, 2.75) is 28.7 Å². The van der Waals surface area contributed by atoms with Gasteiger partial charge in [0.2, 0.25) is 20.0 Å². The Kier molecular flexibility index (Phi) is 4.69. The van der Waals surface area contributed by atoms with Crippen molar-refractivity contribution >= 4 is 20.0 Å². The number of piperidine rings is 1. The van der Waals surface area contributed by atoms with Crippen LogP contribution >= 0.6 is 0 Å². The Morgan fingerprint density at radius 3 is 1.95 bits per heavy atom. The minimum atomic E-state index is -3.83. The van der Waals surface area contributed by atoms with Crippen molar-refractivity contribution in [3.05, 3.63) is 24.3 Å². The minimum Gasteiger partial charge on any atom is -0.381 e. The van der Waals surface area contributed by atoms with Gasteiger partial charge in [-0.3, -0.25) is 0 Å². The van der Waals surface area contributed by atoms with Crippen molar-refractivity contribution in [3.8, 4) is 0 Å². The van der Waals surface area contributed by atoms with Crippen molar-refractivity contribution in [2.75, 3.05) is 20.2 Å². The average Bonchev–Trinajstić information content (AvgIpc) is 2.46. The standard InChI is InChI=1S/C12H18N2O5S2/c1-19-10-6-8-14(9-7-10)21(17,18)12-4-2-11(3-5-12)20(13,15)16/h2-5,10H,6-9H2,1H3,(H2,13,15,16). The molecule has 0 aromatic heterocycles. The SMILES string of the molecule is COC1CCN(S(=O)(=O)c2ccc(S(N)(=O)=O)cc2)CC1. The summed E-state index contributed by atoms with van der Waals surface area (Å²) >= 11 is 0. The summed E-state index contributed by atoms with van der Waals surface area (Å²) < 4.78 is 53.8. The Balaban J connectivity index is 2.21. The van der Waals surface area contributed by atoms with Crippen LogP contribution in [0.4, 0.5) is 0 Å². The Morgan fingerprint density at radius 1 is 1.05 bits per heavy atom. The van der Waals surface area contributed by atoms with Gasteiger partial charge in [-0.1, -0.05) is 0 Å². The molecule has 118 valence electrons. The van der Waals surface area contributed by atoms with Crippen molar-refractivity contribution in [3.63, 3.8) is 0 Å². The van der Waals surface area contributed by atoms with Gasteiger partial charge < -0.3 is 4.74 Å². The number of hydrogen-bond donors (Lipinski definition) is 1. The summed E-state index contributed by atoms with van der Waals surface area (Å²) in [6, 6.07) is 4.92. The van der Waals surface area contributed by atoms with E-state index >= 15 is 0 Å². The first-order chi connectivity index (χ1) is 9.75. The van der Waals surface area contributed by atoms with Crippen molar-refractivity contribution in [1.29, 1.82) is 0 Å². The molecule has 0 spiro atoms. The maximum absolute atomic E-state index is 12.4. The van der Waals surface area contributed by atoms with Gasteiger partial charge in [0, 0.05) is 20.2 Å². The average molecular weight is 334 g/mol. The van der Waals surface area contributed by atoms with Crippen molar-refractivity contribution in [2.24, 2.45) is 5.14 Å². The molecular formula is C12H18N2O5S2. The van der Waals surface area contributed by atoms with Crippen LogP contribution in [0, 0.1) is 0 Å². The number of ether oxygens (including phenoxy) is 1. The van der Waals surface area contributed by atoms with E-state index in [0.29, 0.717) is 25.9 Å². The summed E-state index contributed by atoms with van der Waals surface area (Å²) in [7, 11) is -5.83. The topological polar surface area (TPSA) is 107 Å². The van der Waals surface area contributed by atoms with E-state index in [2.05, 4.69) is 0 Å². The molecule has 1 fully saturated rings. The lowest BCUT2D eigenvalue weighted by Crippen LogP contribution is -2.40. The molecule has 0 radical (unpaired) electrons. The predicted molar refractivity (Wildman–Crippen MR) is 76.6 cm³/mol. The van der Waals surface area contributed by atoms with E-state index in [1.165, 1.54) is 28.6 Å². The third-order valence-corrected chi connectivity index (χ3v) is 6.37. The first-order valence-electron chi connectivity index (χ1n) is 6.41. The fourth-order valence-electron chi connectivity index (χ4n) is 2.26. The highest BCUT2D eigenvalue weighted by Gasteiger charge is 2.29. The molecule has 0 aliphatic carbocycles. The molecule has 1 saturated heterocycles. The fourth-order valence-corrected chi connectivity index (χ4v) is 4.24. The quantitative estimate of drug-likeness (QED) is 0.842. The Hall–Kier alpha value is -1.00. The first-order valence-corrected chi connectivity index (χ1v) is 9.39. The number of rotatable bonds is 4. The lowest BCUT2D eigenvalue weighted by molar-refractivity contribution is 0.0604. The van der Waals surface area contributed by atoms with Crippen LogP contribution in [-0.2, 0) is 24.8 Å². The summed E-state index contributed by atoms with van der Waals surface area (Å²) in [5, 5.41) is 4.99. The zero-order valence-corrected chi connectivity index (χ0v) is 13.2. The molecule has 21 heavy (non-hydrogen) atoms. The predicted octanol–water partition coefficient (Wildman–Crippen LogP) is 0.134. The summed E-state index contributed by atoms with van der Waals surface area (Å²) in [6.45, 7) is 0.773. The number of hydrogen-bond acceptors (Lipinski definition) is 5.